The highest BCUT2D eigenvalue weighted by Gasteiger charge is 2.18. The molecule has 1 aliphatic rings. The standard InChI is InChI=1S/C26H26ClFN6S/c1-18(14-30-25-32-26(35-25)31-21-8-11-24(28)23(27)13-21)34(17-20-5-4-12-29-15-20)16-19-6-9-22(10-7-19)33(2)3/h4-15H,16-17H2,1-3H3,(H,30,31,32)/b18-14+. The summed E-state index contributed by atoms with van der Waals surface area (Å²) in [6.07, 6.45) is 5.49. The number of pyridine rings is 1. The fourth-order valence-corrected chi connectivity index (χ4v) is 4.12. The summed E-state index contributed by atoms with van der Waals surface area (Å²) in [5, 5.41) is 4.51. The number of anilines is 2. The lowest BCUT2D eigenvalue weighted by Gasteiger charge is -2.26. The third kappa shape index (κ3) is 6.83. The fraction of sp³-hybridized carbons (Fsp3) is 0.192. The lowest BCUT2D eigenvalue weighted by molar-refractivity contribution is 0.328. The summed E-state index contributed by atoms with van der Waals surface area (Å²) in [5.74, 6) is -0.451. The van der Waals surface area contributed by atoms with Gasteiger partial charge >= 0.3 is 0 Å². The summed E-state index contributed by atoms with van der Waals surface area (Å²) >= 11 is 7.25. The number of halogens is 2. The van der Waals surface area contributed by atoms with Crippen LogP contribution < -0.4 is 10.2 Å². The molecule has 0 amide bonds. The third-order valence-electron chi connectivity index (χ3n) is 5.34. The van der Waals surface area contributed by atoms with Gasteiger partial charge in [0.15, 0.2) is 10.3 Å². The molecule has 0 aliphatic carbocycles. The van der Waals surface area contributed by atoms with Gasteiger partial charge in [-0.05, 0) is 66.2 Å². The van der Waals surface area contributed by atoms with Crippen LogP contribution in [0.5, 0.6) is 0 Å². The molecule has 1 N–H and O–H groups in total. The first-order chi connectivity index (χ1) is 16.9. The number of aliphatic imine (C=N–C) groups is 2. The van der Waals surface area contributed by atoms with E-state index >= 15 is 0 Å². The molecule has 0 spiro atoms. The van der Waals surface area contributed by atoms with Gasteiger partial charge in [0.25, 0.3) is 0 Å². The van der Waals surface area contributed by atoms with E-state index in [9.17, 15) is 4.39 Å². The molecule has 3 aromatic rings. The smallest absolute Gasteiger partial charge is 0.197 e. The van der Waals surface area contributed by atoms with E-state index in [1.165, 1.54) is 35.1 Å². The Bertz CT molecular complexity index is 1260. The average Bonchev–Trinajstić information content (AvgIpc) is 2.83. The molecule has 9 heteroatoms. The van der Waals surface area contributed by atoms with Crippen molar-refractivity contribution in [2.24, 2.45) is 9.98 Å². The molecular weight excluding hydrogens is 483 g/mol. The molecule has 180 valence electrons. The maximum Gasteiger partial charge on any atom is 0.197 e. The van der Waals surface area contributed by atoms with Crippen molar-refractivity contribution in [3.8, 4) is 0 Å². The van der Waals surface area contributed by atoms with E-state index in [1.54, 1.807) is 12.3 Å². The van der Waals surface area contributed by atoms with Crippen LogP contribution in [0.3, 0.4) is 0 Å². The molecular formula is C26H26ClFN6S. The number of benzene rings is 2. The highest BCUT2D eigenvalue weighted by molar-refractivity contribution is 8.29. The quantitative estimate of drug-likeness (QED) is 0.383. The molecule has 2 heterocycles. The number of hydrogen-bond acceptors (Lipinski definition) is 6. The molecule has 4 rings (SSSR count). The molecule has 0 atom stereocenters. The molecule has 2 aromatic carbocycles. The van der Waals surface area contributed by atoms with E-state index in [4.69, 9.17) is 11.6 Å². The van der Waals surface area contributed by atoms with Crippen LogP contribution in [0.25, 0.3) is 0 Å². The molecule has 0 bridgehead atoms. The number of hydrogen-bond donors (Lipinski definition) is 1. The molecule has 0 saturated carbocycles. The largest absolute Gasteiger partial charge is 0.378 e. The van der Waals surface area contributed by atoms with Crippen molar-refractivity contribution >= 4 is 45.1 Å². The van der Waals surface area contributed by atoms with E-state index in [0.717, 1.165) is 17.8 Å². The zero-order valence-electron chi connectivity index (χ0n) is 19.7. The summed E-state index contributed by atoms with van der Waals surface area (Å²) < 4.78 is 13.3. The van der Waals surface area contributed by atoms with Crippen molar-refractivity contribution in [3.63, 3.8) is 0 Å². The second-order valence-electron chi connectivity index (χ2n) is 8.23. The number of nitrogens with zero attached hydrogens (tertiary/aromatic N) is 5. The summed E-state index contributed by atoms with van der Waals surface area (Å²) in [6.45, 7) is 3.50. The van der Waals surface area contributed by atoms with Crippen molar-refractivity contribution in [2.75, 3.05) is 24.3 Å². The molecule has 0 radical (unpaired) electrons. The zero-order valence-corrected chi connectivity index (χ0v) is 21.3. The lowest BCUT2D eigenvalue weighted by Crippen LogP contribution is -2.22. The van der Waals surface area contributed by atoms with Crippen LogP contribution in [-0.4, -0.2) is 34.3 Å². The Hall–Kier alpha value is -3.36. The Kier molecular flexibility index (Phi) is 8.05. The van der Waals surface area contributed by atoms with Crippen LogP contribution in [-0.2, 0) is 13.1 Å². The van der Waals surface area contributed by atoms with Crippen molar-refractivity contribution < 1.29 is 4.39 Å². The monoisotopic (exact) mass is 508 g/mol. The molecule has 1 aliphatic heterocycles. The number of rotatable bonds is 8. The van der Waals surface area contributed by atoms with Crippen LogP contribution in [0.1, 0.15) is 18.1 Å². The van der Waals surface area contributed by atoms with Crippen molar-refractivity contribution in [1.82, 2.24) is 9.88 Å². The van der Waals surface area contributed by atoms with Gasteiger partial charge in [-0.3, -0.25) is 4.98 Å². The normalized spacial score (nSPS) is 14.4. The molecule has 1 aromatic heterocycles. The van der Waals surface area contributed by atoms with Gasteiger partial charge in [-0.2, -0.15) is 4.99 Å². The maximum atomic E-state index is 13.3. The second kappa shape index (κ2) is 11.4. The van der Waals surface area contributed by atoms with Crippen molar-refractivity contribution in [3.05, 3.63) is 101 Å². The summed E-state index contributed by atoms with van der Waals surface area (Å²) in [7, 11) is 4.07. The Morgan fingerprint density at radius 3 is 2.51 bits per heavy atom. The van der Waals surface area contributed by atoms with Gasteiger partial charge in [-0.15, -0.1) is 0 Å². The third-order valence-corrected chi connectivity index (χ3v) is 6.39. The van der Waals surface area contributed by atoms with E-state index in [-0.39, 0.29) is 5.02 Å². The predicted molar refractivity (Wildman–Crippen MR) is 146 cm³/mol. The Morgan fingerprint density at radius 1 is 1.11 bits per heavy atom. The van der Waals surface area contributed by atoms with Crippen molar-refractivity contribution in [2.45, 2.75) is 20.0 Å². The van der Waals surface area contributed by atoms with Gasteiger partial charge in [0, 0.05) is 62.9 Å². The molecule has 0 unspecified atom stereocenters. The molecule has 6 nitrogen and oxygen atoms in total. The van der Waals surface area contributed by atoms with Gasteiger partial charge in [0.2, 0.25) is 0 Å². The minimum Gasteiger partial charge on any atom is -0.378 e. The first-order valence-corrected chi connectivity index (χ1v) is 12.2. The van der Waals surface area contributed by atoms with Gasteiger partial charge in [0.05, 0.1) is 5.02 Å². The average molecular weight is 509 g/mol. The highest BCUT2D eigenvalue weighted by Crippen LogP contribution is 2.26. The SMILES string of the molecule is C/C(=C\N=C1N=C(Nc2ccc(F)c(Cl)c2)S1)N(Cc1ccc(N(C)C)cc1)Cc1cccnc1. The number of amidine groups is 2. The van der Waals surface area contributed by atoms with Gasteiger partial charge in [-0.1, -0.05) is 29.8 Å². The summed E-state index contributed by atoms with van der Waals surface area (Å²) in [5.41, 5.74) is 5.19. The van der Waals surface area contributed by atoms with Crippen LogP contribution in [0.4, 0.5) is 15.8 Å². The fourth-order valence-electron chi connectivity index (χ4n) is 3.35. The van der Waals surface area contributed by atoms with Crippen LogP contribution in [0.2, 0.25) is 5.02 Å². The van der Waals surface area contributed by atoms with Gasteiger partial charge in [-0.25, -0.2) is 9.38 Å². The van der Waals surface area contributed by atoms with Crippen molar-refractivity contribution in [1.29, 1.82) is 0 Å². The highest BCUT2D eigenvalue weighted by atomic mass is 35.5. The summed E-state index contributed by atoms with van der Waals surface area (Å²) in [4.78, 5) is 17.5. The minimum absolute atomic E-state index is 0.0671. The zero-order chi connectivity index (χ0) is 24.8. The van der Waals surface area contributed by atoms with Gasteiger partial charge in [0.1, 0.15) is 5.82 Å². The lowest BCUT2D eigenvalue weighted by atomic mass is 10.1. The molecule has 0 fully saturated rings. The minimum atomic E-state index is -0.451. The second-order valence-corrected chi connectivity index (χ2v) is 9.60. The number of allylic oxidation sites excluding steroid dienone is 1. The predicted octanol–water partition coefficient (Wildman–Crippen LogP) is 6.37. The van der Waals surface area contributed by atoms with Crippen LogP contribution in [0.15, 0.2) is 88.9 Å². The number of aromatic nitrogens is 1. The Labute approximate surface area is 214 Å². The summed E-state index contributed by atoms with van der Waals surface area (Å²) in [6, 6.07) is 17.0. The first-order valence-electron chi connectivity index (χ1n) is 11.0. The van der Waals surface area contributed by atoms with E-state index in [0.29, 0.717) is 22.6 Å². The number of nitrogens with one attached hydrogen (secondary N) is 1. The maximum absolute atomic E-state index is 13.3. The van der Waals surface area contributed by atoms with Crippen LogP contribution in [0, 0.1) is 5.82 Å². The topological polar surface area (TPSA) is 56.1 Å². The Balaban J connectivity index is 1.45. The van der Waals surface area contributed by atoms with E-state index in [2.05, 4.69) is 60.4 Å². The van der Waals surface area contributed by atoms with Gasteiger partial charge < -0.3 is 15.1 Å². The number of thioether (sulfide) groups is 1. The molecule has 35 heavy (non-hydrogen) atoms. The Morgan fingerprint density at radius 2 is 1.86 bits per heavy atom. The molecule has 0 saturated heterocycles. The van der Waals surface area contributed by atoms with E-state index < -0.39 is 5.82 Å². The van der Waals surface area contributed by atoms with Crippen LogP contribution >= 0.6 is 23.4 Å². The van der Waals surface area contributed by atoms with E-state index in [1.807, 2.05) is 39.5 Å². The first kappa shape index (κ1) is 24.8.